The van der Waals surface area contributed by atoms with E-state index in [1.807, 2.05) is 18.7 Å². The Bertz CT molecular complexity index is 392. The van der Waals surface area contributed by atoms with Gasteiger partial charge < -0.3 is 9.64 Å². The van der Waals surface area contributed by atoms with Gasteiger partial charge >= 0.3 is 5.97 Å². The average Bonchev–Trinajstić information content (AvgIpc) is 2.32. The molecular weight excluding hydrogens is 240 g/mol. The first-order chi connectivity index (χ1) is 8.13. The second-order valence-electron chi connectivity index (χ2n) is 3.42. The molecular formula is C12H17ClN2O2. The summed E-state index contributed by atoms with van der Waals surface area (Å²) in [7, 11) is 0. The lowest BCUT2D eigenvalue weighted by Gasteiger charge is -2.20. The van der Waals surface area contributed by atoms with Crippen molar-refractivity contribution in [2.75, 3.05) is 24.6 Å². The van der Waals surface area contributed by atoms with Crippen LogP contribution in [0.15, 0.2) is 12.3 Å². The van der Waals surface area contributed by atoms with E-state index in [1.54, 1.807) is 13.0 Å². The van der Waals surface area contributed by atoms with Crippen molar-refractivity contribution >= 4 is 23.4 Å². The Balaban J connectivity index is 2.97. The lowest BCUT2D eigenvalue weighted by atomic mass is 10.3. The molecule has 0 aliphatic carbocycles. The first-order valence-corrected chi connectivity index (χ1v) is 6.09. The molecule has 1 heterocycles. The van der Waals surface area contributed by atoms with Gasteiger partial charge in [-0.1, -0.05) is 11.6 Å². The Hall–Kier alpha value is -1.29. The Morgan fingerprint density at radius 3 is 2.53 bits per heavy atom. The molecule has 0 bridgehead atoms. The summed E-state index contributed by atoms with van der Waals surface area (Å²) in [5, 5.41) is 0.472. The summed E-state index contributed by atoms with van der Waals surface area (Å²) in [4.78, 5) is 17.7. The van der Waals surface area contributed by atoms with E-state index >= 15 is 0 Å². The van der Waals surface area contributed by atoms with E-state index in [4.69, 9.17) is 16.3 Å². The molecule has 0 spiro atoms. The predicted octanol–water partition coefficient (Wildman–Crippen LogP) is 2.76. The number of aromatic nitrogens is 1. The average molecular weight is 257 g/mol. The van der Waals surface area contributed by atoms with Gasteiger partial charge in [0.15, 0.2) is 0 Å². The molecule has 0 atom stereocenters. The molecule has 4 nitrogen and oxygen atoms in total. The van der Waals surface area contributed by atoms with Crippen molar-refractivity contribution in [3.8, 4) is 0 Å². The van der Waals surface area contributed by atoms with Crippen molar-refractivity contribution in [3.05, 3.63) is 22.8 Å². The summed E-state index contributed by atoms with van der Waals surface area (Å²) in [6.45, 7) is 7.80. The maximum Gasteiger partial charge on any atom is 0.339 e. The maximum atomic E-state index is 11.5. The number of rotatable bonds is 5. The van der Waals surface area contributed by atoms with Crippen LogP contribution in [0.2, 0.25) is 5.02 Å². The fourth-order valence-corrected chi connectivity index (χ4v) is 1.80. The molecule has 0 amide bonds. The predicted molar refractivity (Wildman–Crippen MR) is 68.8 cm³/mol. The van der Waals surface area contributed by atoms with E-state index in [0.29, 0.717) is 23.0 Å². The van der Waals surface area contributed by atoms with E-state index < -0.39 is 5.97 Å². The van der Waals surface area contributed by atoms with Gasteiger partial charge in [-0.25, -0.2) is 9.78 Å². The van der Waals surface area contributed by atoms with Crippen molar-refractivity contribution in [2.45, 2.75) is 20.8 Å². The number of ether oxygens (including phenoxy) is 1. The van der Waals surface area contributed by atoms with Crippen molar-refractivity contribution in [1.82, 2.24) is 4.98 Å². The number of carbonyl (C=O) groups is 1. The summed E-state index contributed by atoms with van der Waals surface area (Å²) >= 11 is 6.11. The highest BCUT2D eigenvalue weighted by Gasteiger charge is 2.13. The topological polar surface area (TPSA) is 42.4 Å². The fraction of sp³-hybridized carbons (Fsp3) is 0.500. The molecule has 17 heavy (non-hydrogen) atoms. The van der Waals surface area contributed by atoms with Crippen LogP contribution in [0.1, 0.15) is 31.1 Å². The number of hydrogen-bond acceptors (Lipinski definition) is 4. The van der Waals surface area contributed by atoms with Crippen LogP contribution >= 0.6 is 11.6 Å². The minimum atomic E-state index is -0.395. The van der Waals surface area contributed by atoms with Crippen LogP contribution in [-0.2, 0) is 4.74 Å². The van der Waals surface area contributed by atoms with Gasteiger partial charge in [0.25, 0.3) is 0 Å². The number of halogens is 1. The molecule has 1 aromatic rings. The molecule has 0 radical (unpaired) electrons. The monoisotopic (exact) mass is 256 g/mol. The number of esters is 1. The van der Waals surface area contributed by atoms with Gasteiger partial charge in [-0.3, -0.25) is 0 Å². The van der Waals surface area contributed by atoms with E-state index in [0.717, 1.165) is 13.1 Å². The molecule has 1 rings (SSSR count). The molecule has 0 aliphatic heterocycles. The lowest BCUT2D eigenvalue weighted by Crippen LogP contribution is -2.23. The summed E-state index contributed by atoms with van der Waals surface area (Å²) in [5.41, 5.74) is 0.382. The fourth-order valence-electron chi connectivity index (χ4n) is 1.51. The van der Waals surface area contributed by atoms with Gasteiger partial charge in [0, 0.05) is 19.3 Å². The van der Waals surface area contributed by atoms with Crippen LogP contribution in [0.4, 0.5) is 5.82 Å². The van der Waals surface area contributed by atoms with Gasteiger partial charge in [0.2, 0.25) is 0 Å². The number of carbonyl (C=O) groups excluding carboxylic acids is 1. The van der Waals surface area contributed by atoms with Crippen LogP contribution in [0.25, 0.3) is 0 Å². The highest BCUT2D eigenvalue weighted by molar-refractivity contribution is 6.33. The minimum absolute atomic E-state index is 0.342. The minimum Gasteiger partial charge on any atom is -0.462 e. The van der Waals surface area contributed by atoms with Crippen LogP contribution < -0.4 is 4.90 Å². The molecule has 0 fully saturated rings. The number of anilines is 1. The summed E-state index contributed by atoms with van der Waals surface area (Å²) in [5.74, 6) is 0.303. The maximum absolute atomic E-state index is 11.5. The highest BCUT2D eigenvalue weighted by atomic mass is 35.5. The van der Waals surface area contributed by atoms with E-state index in [2.05, 4.69) is 4.98 Å². The van der Waals surface area contributed by atoms with E-state index in [9.17, 15) is 4.79 Å². The SMILES string of the molecule is CCOC(=O)c1cnc(N(CC)CC)c(Cl)c1. The van der Waals surface area contributed by atoms with Crippen LogP contribution in [0, 0.1) is 0 Å². The van der Waals surface area contributed by atoms with Crippen molar-refractivity contribution < 1.29 is 9.53 Å². The third kappa shape index (κ3) is 3.33. The largest absolute Gasteiger partial charge is 0.462 e. The van der Waals surface area contributed by atoms with Crippen LogP contribution in [0.5, 0.6) is 0 Å². The standard InChI is InChI=1S/C12H17ClN2O2/c1-4-15(5-2)11-10(13)7-9(8-14-11)12(16)17-6-3/h7-8H,4-6H2,1-3H3. The van der Waals surface area contributed by atoms with E-state index in [1.165, 1.54) is 6.20 Å². The molecule has 0 N–H and O–H groups in total. The second-order valence-corrected chi connectivity index (χ2v) is 3.83. The zero-order valence-corrected chi connectivity index (χ0v) is 11.1. The normalized spacial score (nSPS) is 10.1. The van der Waals surface area contributed by atoms with Gasteiger partial charge in [0.05, 0.1) is 17.2 Å². The number of pyridine rings is 1. The van der Waals surface area contributed by atoms with E-state index in [-0.39, 0.29) is 0 Å². The first-order valence-electron chi connectivity index (χ1n) is 5.71. The van der Waals surface area contributed by atoms with Gasteiger partial charge in [-0.15, -0.1) is 0 Å². The molecule has 0 saturated carbocycles. The zero-order chi connectivity index (χ0) is 12.8. The Kier molecular flexibility index (Phi) is 5.22. The Morgan fingerprint density at radius 2 is 2.06 bits per heavy atom. The van der Waals surface area contributed by atoms with Crippen LogP contribution in [-0.4, -0.2) is 30.6 Å². The molecule has 0 aromatic carbocycles. The first kappa shape index (κ1) is 13.8. The van der Waals surface area contributed by atoms with Crippen molar-refractivity contribution in [3.63, 3.8) is 0 Å². The molecule has 0 unspecified atom stereocenters. The van der Waals surface area contributed by atoms with Gasteiger partial charge in [-0.2, -0.15) is 0 Å². The number of hydrogen-bond donors (Lipinski definition) is 0. The molecule has 0 aliphatic rings. The summed E-state index contributed by atoms with van der Waals surface area (Å²) in [6, 6.07) is 1.60. The zero-order valence-electron chi connectivity index (χ0n) is 10.4. The summed E-state index contributed by atoms with van der Waals surface area (Å²) < 4.78 is 4.88. The molecule has 94 valence electrons. The quantitative estimate of drug-likeness (QED) is 0.760. The highest BCUT2D eigenvalue weighted by Crippen LogP contribution is 2.24. The van der Waals surface area contributed by atoms with Gasteiger partial charge in [-0.05, 0) is 26.8 Å². The third-order valence-electron chi connectivity index (χ3n) is 2.40. The molecule has 0 saturated heterocycles. The van der Waals surface area contributed by atoms with Gasteiger partial charge in [0.1, 0.15) is 5.82 Å². The summed E-state index contributed by atoms with van der Waals surface area (Å²) in [6.07, 6.45) is 1.50. The molecule has 1 aromatic heterocycles. The second kappa shape index (κ2) is 6.45. The molecule has 5 heteroatoms. The van der Waals surface area contributed by atoms with Crippen molar-refractivity contribution in [2.24, 2.45) is 0 Å². The van der Waals surface area contributed by atoms with Crippen LogP contribution in [0.3, 0.4) is 0 Å². The van der Waals surface area contributed by atoms with Crippen molar-refractivity contribution in [1.29, 1.82) is 0 Å². The number of nitrogens with zero attached hydrogens (tertiary/aromatic N) is 2. The Morgan fingerprint density at radius 1 is 1.41 bits per heavy atom. The smallest absolute Gasteiger partial charge is 0.339 e. The lowest BCUT2D eigenvalue weighted by molar-refractivity contribution is 0.0526. The third-order valence-corrected chi connectivity index (χ3v) is 2.67. The Labute approximate surface area is 107 Å².